The van der Waals surface area contributed by atoms with Crippen molar-refractivity contribution in [2.24, 2.45) is 5.92 Å². The summed E-state index contributed by atoms with van der Waals surface area (Å²) in [5, 5.41) is 7.94. The number of fused-ring (bicyclic) bond motifs is 1. The van der Waals surface area contributed by atoms with Gasteiger partial charge in [0.05, 0.1) is 5.52 Å². The van der Waals surface area contributed by atoms with Crippen LogP contribution in [0.15, 0.2) is 53.6 Å². The minimum absolute atomic E-state index is 0.116. The SMILES string of the molecule is CC(C)C(Nc1ncnc2ccc(F)cc12)c1nc(-c2cccnc2)no1. The number of anilines is 1. The molecule has 0 saturated heterocycles. The third-order valence-electron chi connectivity index (χ3n) is 4.18. The largest absolute Gasteiger partial charge is 0.358 e. The van der Waals surface area contributed by atoms with Crippen LogP contribution >= 0.6 is 0 Å². The van der Waals surface area contributed by atoms with E-state index >= 15 is 0 Å². The molecule has 4 aromatic rings. The van der Waals surface area contributed by atoms with E-state index in [-0.39, 0.29) is 17.8 Å². The second-order valence-corrected chi connectivity index (χ2v) is 6.45. The Kier molecular flexibility index (Phi) is 4.45. The summed E-state index contributed by atoms with van der Waals surface area (Å²) < 4.78 is 19.2. The molecule has 1 atom stereocenters. The van der Waals surface area contributed by atoms with E-state index in [0.29, 0.717) is 28.4 Å². The van der Waals surface area contributed by atoms with Gasteiger partial charge >= 0.3 is 0 Å². The average Bonchev–Trinajstić information content (AvgIpc) is 3.16. The Hall–Kier alpha value is -3.42. The summed E-state index contributed by atoms with van der Waals surface area (Å²) >= 11 is 0. The van der Waals surface area contributed by atoms with Crippen LogP contribution in [0, 0.1) is 11.7 Å². The number of nitrogens with one attached hydrogen (secondary N) is 1. The maximum atomic E-state index is 13.7. The molecule has 0 aliphatic carbocycles. The number of hydrogen-bond acceptors (Lipinski definition) is 7. The van der Waals surface area contributed by atoms with E-state index in [9.17, 15) is 4.39 Å². The zero-order valence-electron chi connectivity index (χ0n) is 14.8. The van der Waals surface area contributed by atoms with Crippen LogP contribution in [0.4, 0.5) is 10.2 Å². The summed E-state index contributed by atoms with van der Waals surface area (Å²) in [4.78, 5) is 17.0. The van der Waals surface area contributed by atoms with Gasteiger partial charge < -0.3 is 9.84 Å². The normalized spacial score (nSPS) is 12.4. The number of benzene rings is 1. The molecular formula is C19H17FN6O. The molecule has 0 bridgehead atoms. The van der Waals surface area contributed by atoms with Crippen LogP contribution in [0.5, 0.6) is 0 Å². The summed E-state index contributed by atoms with van der Waals surface area (Å²) in [6, 6.07) is 7.77. The fourth-order valence-corrected chi connectivity index (χ4v) is 2.78. The van der Waals surface area contributed by atoms with Gasteiger partial charge in [-0.3, -0.25) is 4.98 Å². The second kappa shape index (κ2) is 7.06. The van der Waals surface area contributed by atoms with Crippen LogP contribution in [0.2, 0.25) is 0 Å². The molecule has 8 heteroatoms. The molecule has 0 fully saturated rings. The lowest BCUT2D eigenvalue weighted by atomic mass is 10.0. The zero-order valence-corrected chi connectivity index (χ0v) is 14.8. The van der Waals surface area contributed by atoms with Crippen molar-refractivity contribution in [1.82, 2.24) is 25.1 Å². The molecule has 7 nitrogen and oxygen atoms in total. The summed E-state index contributed by atoms with van der Waals surface area (Å²) in [5.74, 6) is 1.17. The van der Waals surface area contributed by atoms with Gasteiger partial charge in [-0.05, 0) is 36.2 Å². The summed E-state index contributed by atoms with van der Waals surface area (Å²) in [5.41, 5.74) is 1.42. The Balaban J connectivity index is 1.69. The van der Waals surface area contributed by atoms with E-state index in [0.717, 1.165) is 5.56 Å². The first-order valence-electron chi connectivity index (χ1n) is 8.52. The molecule has 136 valence electrons. The number of halogens is 1. The molecule has 27 heavy (non-hydrogen) atoms. The summed E-state index contributed by atoms with van der Waals surface area (Å²) in [6.07, 6.45) is 4.80. The fourth-order valence-electron chi connectivity index (χ4n) is 2.78. The van der Waals surface area contributed by atoms with Crippen molar-refractivity contribution in [1.29, 1.82) is 0 Å². The van der Waals surface area contributed by atoms with Gasteiger partial charge in [0, 0.05) is 23.3 Å². The van der Waals surface area contributed by atoms with Crippen molar-refractivity contribution >= 4 is 16.7 Å². The lowest BCUT2D eigenvalue weighted by Crippen LogP contribution is -2.18. The lowest BCUT2D eigenvalue weighted by Gasteiger charge is -2.19. The van der Waals surface area contributed by atoms with Gasteiger partial charge in [0.15, 0.2) is 0 Å². The molecule has 4 rings (SSSR count). The van der Waals surface area contributed by atoms with Crippen molar-refractivity contribution in [3.05, 3.63) is 60.8 Å². The highest BCUT2D eigenvalue weighted by Gasteiger charge is 2.24. The molecule has 0 aliphatic rings. The lowest BCUT2D eigenvalue weighted by molar-refractivity contribution is 0.336. The maximum Gasteiger partial charge on any atom is 0.249 e. The Morgan fingerprint density at radius 3 is 2.81 bits per heavy atom. The van der Waals surface area contributed by atoms with Crippen LogP contribution in [0.25, 0.3) is 22.3 Å². The highest BCUT2D eigenvalue weighted by Crippen LogP contribution is 2.29. The molecule has 0 aliphatic heterocycles. The monoisotopic (exact) mass is 364 g/mol. The van der Waals surface area contributed by atoms with E-state index < -0.39 is 0 Å². The summed E-state index contributed by atoms with van der Waals surface area (Å²) in [6.45, 7) is 4.05. The van der Waals surface area contributed by atoms with E-state index in [4.69, 9.17) is 4.52 Å². The minimum atomic E-state index is -0.349. The Labute approximate surface area is 154 Å². The Morgan fingerprint density at radius 1 is 1.15 bits per heavy atom. The standard InChI is InChI=1S/C19H17FN6O/c1-11(2)16(19-25-17(26-27-19)12-4-3-7-21-9-12)24-18-14-8-13(20)5-6-15(14)22-10-23-18/h3-11,16H,1-2H3,(H,22,23,24). The third kappa shape index (κ3) is 3.46. The van der Waals surface area contributed by atoms with Gasteiger partial charge in [-0.2, -0.15) is 4.98 Å². The molecule has 0 saturated carbocycles. The first-order chi connectivity index (χ1) is 13.1. The van der Waals surface area contributed by atoms with Crippen molar-refractivity contribution in [2.45, 2.75) is 19.9 Å². The molecule has 0 spiro atoms. The molecule has 3 heterocycles. The first kappa shape index (κ1) is 17.0. The van der Waals surface area contributed by atoms with Crippen molar-refractivity contribution in [3.8, 4) is 11.4 Å². The third-order valence-corrected chi connectivity index (χ3v) is 4.18. The van der Waals surface area contributed by atoms with Crippen LogP contribution in [0.3, 0.4) is 0 Å². The fraction of sp³-hybridized carbons (Fsp3) is 0.211. The molecule has 0 amide bonds. The van der Waals surface area contributed by atoms with Gasteiger partial charge in [0.2, 0.25) is 11.7 Å². The van der Waals surface area contributed by atoms with Crippen molar-refractivity contribution in [2.75, 3.05) is 5.32 Å². The number of rotatable bonds is 5. The van der Waals surface area contributed by atoms with Gasteiger partial charge in [-0.1, -0.05) is 19.0 Å². The van der Waals surface area contributed by atoms with Crippen LogP contribution < -0.4 is 5.32 Å². The van der Waals surface area contributed by atoms with E-state index in [1.165, 1.54) is 18.5 Å². The predicted octanol–water partition coefficient (Wildman–Crippen LogP) is 4.02. The number of pyridine rings is 1. The topological polar surface area (TPSA) is 89.6 Å². The van der Waals surface area contributed by atoms with Gasteiger partial charge in [-0.25, -0.2) is 14.4 Å². The molecule has 3 aromatic heterocycles. The highest BCUT2D eigenvalue weighted by molar-refractivity contribution is 5.88. The summed E-state index contributed by atoms with van der Waals surface area (Å²) in [7, 11) is 0. The van der Waals surface area contributed by atoms with Crippen molar-refractivity contribution in [3.63, 3.8) is 0 Å². The Morgan fingerprint density at radius 2 is 2.04 bits per heavy atom. The number of aromatic nitrogens is 5. The van der Waals surface area contributed by atoms with E-state index in [1.807, 2.05) is 26.0 Å². The minimum Gasteiger partial charge on any atom is -0.358 e. The van der Waals surface area contributed by atoms with Gasteiger partial charge in [0.25, 0.3) is 0 Å². The average molecular weight is 364 g/mol. The van der Waals surface area contributed by atoms with E-state index in [2.05, 4.69) is 30.4 Å². The maximum absolute atomic E-state index is 13.7. The quantitative estimate of drug-likeness (QED) is 0.572. The van der Waals surface area contributed by atoms with Gasteiger partial charge in [-0.15, -0.1) is 0 Å². The van der Waals surface area contributed by atoms with Crippen LogP contribution in [-0.2, 0) is 0 Å². The second-order valence-electron chi connectivity index (χ2n) is 6.45. The van der Waals surface area contributed by atoms with Crippen LogP contribution in [0.1, 0.15) is 25.8 Å². The molecule has 1 unspecified atom stereocenters. The van der Waals surface area contributed by atoms with Gasteiger partial charge in [0.1, 0.15) is 24.0 Å². The number of hydrogen-bond donors (Lipinski definition) is 1. The first-order valence-corrected chi connectivity index (χ1v) is 8.52. The number of nitrogens with zero attached hydrogens (tertiary/aromatic N) is 5. The van der Waals surface area contributed by atoms with Crippen molar-refractivity contribution < 1.29 is 8.91 Å². The molecule has 0 radical (unpaired) electrons. The highest BCUT2D eigenvalue weighted by atomic mass is 19.1. The van der Waals surface area contributed by atoms with E-state index in [1.54, 1.807) is 18.5 Å². The van der Waals surface area contributed by atoms with Crippen LogP contribution in [-0.4, -0.2) is 25.1 Å². The molecular weight excluding hydrogens is 347 g/mol. The Bertz CT molecular complexity index is 1070. The zero-order chi connectivity index (χ0) is 18.8. The smallest absolute Gasteiger partial charge is 0.249 e. The molecule has 1 aromatic carbocycles. The molecule has 1 N–H and O–H groups in total. The predicted molar refractivity (Wildman–Crippen MR) is 98.2 cm³/mol.